The standard InChI is InChI=1S/C12H11BrN2S/c13-10-4-2-1-3-9(10)11-7-16-12(15-11)8-5-14-6-8/h1-4,7-8,14H,5-6H2. The molecule has 16 heavy (non-hydrogen) atoms. The molecule has 2 heterocycles. The number of halogens is 1. The van der Waals surface area contributed by atoms with E-state index in [1.807, 2.05) is 12.1 Å². The van der Waals surface area contributed by atoms with E-state index in [2.05, 4.69) is 38.8 Å². The maximum atomic E-state index is 4.71. The highest BCUT2D eigenvalue weighted by Gasteiger charge is 2.22. The van der Waals surface area contributed by atoms with Crippen LogP contribution in [0, 0.1) is 0 Å². The van der Waals surface area contributed by atoms with Crippen LogP contribution in [-0.2, 0) is 0 Å². The molecule has 0 radical (unpaired) electrons. The zero-order chi connectivity index (χ0) is 11.0. The first-order valence-corrected chi connectivity index (χ1v) is 6.93. The zero-order valence-electron chi connectivity index (χ0n) is 8.61. The van der Waals surface area contributed by atoms with Crippen molar-refractivity contribution in [2.24, 2.45) is 0 Å². The molecule has 1 N–H and O–H groups in total. The van der Waals surface area contributed by atoms with Crippen LogP contribution in [0.1, 0.15) is 10.9 Å². The smallest absolute Gasteiger partial charge is 0.0989 e. The topological polar surface area (TPSA) is 24.9 Å². The van der Waals surface area contributed by atoms with Crippen molar-refractivity contribution in [2.45, 2.75) is 5.92 Å². The van der Waals surface area contributed by atoms with Crippen molar-refractivity contribution in [3.8, 4) is 11.3 Å². The highest BCUT2D eigenvalue weighted by molar-refractivity contribution is 9.10. The summed E-state index contributed by atoms with van der Waals surface area (Å²) in [5.41, 5.74) is 2.26. The molecule has 1 aromatic carbocycles. The van der Waals surface area contributed by atoms with Crippen LogP contribution in [0.5, 0.6) is 0 Å². The van der Waals surface area contributed by atoms with Gasteiger partial charge in [-0.3, -0.25) is 0 Å². The summed E-state index contributed by atoms with van der Waals surface area (Å²) in [6.07, 6.45) is 0. The van der Waals surface area contributed by atoms with Crippen molar-refractivity contribution in [1.82, 2.24) is 10.3 Å². The molecule has 0 saturated carbocycles. The molecule has 4 heteroatoms. The van der Waals surface area contributed by atoms with Crippen molar-refractivity contribution in [2.75, 3.05) is 13.1 Å². The van der Waals surface area contributed by atoms with E-state index in [-0.39, 0.29) is 0 Å². The third-order valence-corrected chi connectivity index (χ3v) is 4.50. The average molecular weight is 295 g/mol. The molecule has 82 valence electrons. The molecule has 0 spiro atoms. The normalized spacial score (nSPS) is 16.1. The van der Waals surface area contributed by atoms with E-state index in [0.29, 0.717) is 5.92 Å². The van der Waals surface area contributed by atoms with Crippen LogP contribution < -0.4 is 5.32 Å². The lowest BCUT2D eigenvalue weighted by Gasteiger charge is -2.24. The predicted molar refractivity (Wildman–Crippen MR) is 70.9 cm³/mol. The first kappa shape index (κ1) is 10.4. The Kier molecular flexibility index (Phi) is 2.79. The Morgan fingerprint density at radius 3 is 2.81 bits per heavy atom. The summed E-state index contributed by atoms with van der Waals surface area (Å²) in [6.45, 7) is 2.14. The van der Waals surface area contributed by atoms with Crippen molar-refractivity contribution in [1.29, 1.82) is 0 Å². The first-order chi connectivity index (χ1) is 7.84. The van der Waals surface area contributed by atoms with Crippen molar-refractivity contribution >= 4 is 27.3 Å². The van der Waals surface area contributed by atoms with Crippen LogP contribution >= 0.6 is 27.3 Å². The molecule has 1 fully saturated rings. The van der Waals surface area contributed by atoms with Gasteiger partial charge in [-0.2, -0.15) is 0 Å². The van der Waals surface area contributed by atoms with Crippen molar-refractivity contribution in [3.63, 3.8) is 0 Å². The Labute approximate surface area is 107 Å². The molecule has 0 unspecified atom stereocenters. The number of hydrogen-bond donors (Lipinski definition) is 1. The van der Waals surface area contributed by atoms with E-state index in [4.69, 9.17) is 4.98 Å². The fourth-order valence-corrected chi connectivity index (χ4v) is 3.14. The Hall–Kier alpha value is -0.710. The van der Waals surface area contributed by atoms with Crippen molar-refractivity contribution in [3.05, 3.63) is 39.1 Å². The van der Waals surface area contributed by atoms with Crippen LogP contribution in [0.25, 0.3) is 11.3 Å². The molecule has 2 nitrogen and oxygen atoms in total. The van der Waals surface area contributed by atoms with Crippen LogP contribution in [0.2, 0.25) is 0 Å². The number of nitrogens with one attached hydrogen (secondary N) is 1. The largest absolute Gasteiger partial charge is 0.315 e. The van der Waals surface area contributed by atoms with Gasteiger partial charge in [-0.25, -0.2) is 4.98 Å². The molecule has 0 amide bonds. The summed E-state index contributed by atoms with van der Waals surface area (Å²) >= 11 is 5.33. The third kappa shape index (κ3) is 1.81. The van der Waals surface area contributed by atoms with E-state index in [9.17, 15) is 0 Å². The van der Waals surface area contributed by atoms with Crippen LogP contribution in [0.4, 0.5) is 0 Å². The molecule has 1 aromatic heterocycles. The van der Waals surface area contributed by atoms with E-state index in [1.165, 1.54) is 10.6 Å². The summed E-state index contributed by atoms with van der Waals surface area (Å²) in [4.78, 5) is 4.71. The Morgan fingerprint density at radius 1 is 1.31 bits per heavy atom. The predicted octanol–water partition coefficient (Wildman–Crippen LogP) is 3.26. The highest BCUT2D eigenvalue weighted by Crippen LogP contribution is 2.31. The molecule has 0 atom stereocenters. The molecule has 2 aromatic rings. The van der Waals surface area contributed by atoms with E-state index in [1.54, 1.807) is 11.3 Å². The molecular formula is C12H11BrN2S. The Morgan fingerprint density at radius 2 is 2.12 bits per heavy atom. The highest BCUT2D eigenvalue weighted by atomic mass is 79.9. The number of thiazole rings is 1. The van der Waals surface area contributed by atoms with Gasteiger partial charge in [0.1, 0.15) is 0 Å². The zero-order valence-corrected chi connectivity index (χ0v) is 11.0. The molecule has 3 rings (SSSR count). The van der Waals surface area contributed by atoms with Gasteiger partial charge in [0.25, 0.3) is 0 Å². The molecule has 1 aliphatic rings. The second-order valence-corrected chi connectivity index (χ2v) is 5.65. The van der Waals surface area contributed by atoms with Gasteiger partial charge >= 0.3 is 0 Å². The Balaban J connectivity index is 1.95. The summed E-state index contributed by atoms with van der Waals surface area (Å²) in [7, 11) is 0. The number of benzene rings is 1. The maximum Gasteiger partial charge on any atom is 0.0989 e. The van der Waals surface area contributed by atoms with Gasteiger partial charge in [-0.05, 0) is 6.07 Å². The molecule has 1 saturated heterocycles. The minimum absolute atomic E-state index is 0.626. The van der Waals surface area contributed by atoms with Gasteiger partial charge in [0.15, 0.2) is 0 Å². The summed E-state index contributed by atoms with van der Waals surface area (Å²) in [6, 6.07) is 8.22. The minimum atomic E-state index is 0.626. The van der Waals surface area contributed by atoms with Crippen LogP contribution in [0.3, 0.4) is 0 Å². The van der Waals surface area contributed by atoms with Gasteiger partial charge in [0.2, 0.25) is 0 Å². The minimum Gasteiger partial charge on any atom is -0.315 e. The molecular weight excluding hydrogens is 284 g/mol. The summed E-state index contributed by atoms with van der Waals surface area (Å²) in [5.74, 6) is 0.626. The van der Waals surface area contributed by atoms with Gasteiger partial charge in [0.05, 0.1) is 10.7 Å². The lowest BCUT2D eigenvalue weighted by Crippen LogP contribution is -2.39. The Bertz CT molecular complexity index is 505. The molecule has 1 aliphatic heterocycles. The van der Waals surface area contributed by atoms with E-state index in [0.717, 1.165) is 23.3 Å². The fraction of sp³-hybridized carbons (Fsp3) is 0.250. The number of rotatable bonds is 2. The van der Waals surface area contributed by atoms with Gasteiger partial charge in [0, 0.05) is 34.4 Å². The number of nitrogens with zero attached hydrogens (tertiary/aromatic N) is 1. The van der Waals surface area contributed by atoms with Crippen LogP contribution in [-0.4, -0.2) is 18.1 Å². The average Bonchev–Trinajstić information content (AvgIpc) is 2.65. The first-order valence-electron chi connectivity index (χ1n) is 5.25. The number of aromatic nitrogens is 1. The SMILES string of the molecule is Brc1ccccc1-c1csc(C2CNC2)n1. The van der Waals surface area contributed by atoms with Crippen LogP contribution in [0.15, 0.2) is 34.1 Å². The fourth-order valence-electron chi connectivity index (χ4n) is 1.73. The monoisotopic (exact) mass is 294 g/mol. The third-order valence-electron chi connectivity index (χ3n) is 2.80. The lowest BCUT2D eigenvalue weighted by atomic mass is 10.1. The van der Waals surface area contributed by atoms with Gasteiger partial charge < -0.3 is 5.32 Å². The van der Waals surface area contributed by atoms with Gasteiger partial charge in [-0.1, -0.05) is 34.1 Å². The molecule has 0 aliphatic carbocycles. The van der Waals surface area contributed by atoms with Crippen molar-refractivity contribution < 1.29 is 0 Å². The molecule has 0 bridgehead atoms. The summed E-state index contributed by atoms with van der Waals surface area (Å²) < 4.78 is 1.11. The number of hydrogen-bond acceptors (Lipinski definition) is 3. The van der Waals surface area contributed by atoms with E-state index >= 15 is 0 Å². The quantitative estimate of drug-likeness (QED) is 0.920. The summed E-state index contributed by atoms with van der Waals surface area (Å²) in [5, 5.41) is 6.68. The second-order valence-electron chi connectivity index (χ2n) is 3.91. The maximum absolute atomic E-state index is 4.71. The van der Waals surface area contributed by atoms with E-state index < -0.39 is 0 Å². The second kappa shape index (κ2) is 4.28. The lowest BCUT2D eigenvalue weighted by molar-refractivity contribution is 0.447. The van der Waals surface area contributed by atoms with Gasteiger partial charge in [-0.15, -0.1) is 11.3 Å².